The molecule has 2 fully saturated rings. The van der Waals surface area contributed by atoms with Crippen molar-refractivity contribution in [1.29, 1.82) is 0 Å². The molecule has 2 unspecified atom stereocenters. The Hall–Kier alpha value is -2.83. The molecule has 2 aromatic carbocycles. The van der Waals surface area contributed by atoms with E-state index in [0.29, 0.717) is 26.1 Å². The molecule has 29 heavy (non-hydrogen) atoms. The van der Waals surface area contributed by atoms with Crippen LogP contribution in [0.2, 0.25) is 0 Å². The van der Waals surface area contributed by atoms with Gasteiger partial charge in [-0.05, 0) is 29.3 Å². The van der Waals surface area contributed by atoms with E-state index < -0.39 is 5.60 Å². The molecule has 0 radical (unpaired) electrons. The molecule has 1 aromatic heterocycles. The number of fused-ring (bicyclic) bond motifs is 3. The first-order valence-corrected chi connectivity index (χ1v) is 9.89. The average molecular weight is 393 g/mol. The van der Waals surface area contributed by atoms with E-state index in [1.54, 1.807) is 11.2 Å². The quantitative estimate of drug-likeness (QED) is 0.732. The van der Waals surface area contributed by atoms with Crippen LogP contribution in [0.15, 0.2) is 65.3 Å². The minimum absolute atomic E-state index is 0.226. The van der Waals surface area contributed by atoms with Crippen molar-refractivity contribution < 1.29 is 23.8 Å². The van der Waals surface area contributed by atoms with Gasteiger partial charge in [0.05, 0.1) is 37.2 Å². The maximum atomic E-state index is 12.8. The van der Waals surface area contributed by atoms with Crippen molar-refractivity contribution in [2.45, 2.75) is 37.1 Å². The van der Waals surface area contributed by atoms with Crippen LogP contribution in [-0.2, 0) is 21.7 Å². The molecule has 1 N–H and O–H groups in total. The second-order valence-electron chi connectivity index (χ2n) is 7.91. The first-order valence-electron chi connectivity index (χ1n) is 9.89. The second-order valence-corrected chi connectivity index (χ2v) is 7.91. The Kier molecular flexibility index (Phi) is 4.53. The van der Waals surface area contributed by atoms with E-state index in [9.17, 15) is 9.90 Å². The first-order chi connectivity index (χ1) is 14.1. The lowest BCUT2D eigenvalue weighted by atomic mass is 9.77. The van der Waals surface area contributed by atoms with Crippen LogP contribution in [0.4, 0.5) is 4.79 Å². The number of furan rings is 1. The number of hydrogen-bond acceptors (Lipinski definition) is 5. The van der Waals surface area contributed by atoms with Crippen LogP contribution in [0, 0.1) is 0 Å². The van der Waals surface area contributed by atoms with Gasteiger partial charge in [0.15, 0.2) is 0 Å². The molecule has 0 saturated carbocycles. The van der Waals surface area contributed by atoms with E-state index in [1.807, 2.05) is 54.6 Å². The first kappa shape index (κ1) is 18.2. The lowest BCUT2D eigenvalue weighted by Gasteiger charge is -2.51. The van der Waals surface area contributed by atoms with Crippen LogP contribution in [0.5, 0.6) is 0 Å². The number of carbonyl (C=O) groups excluding carboxylic acids is 1. The molecule has 150 valence electrons. The Bertz CT molecular complexity index is 1000. The van der Waals surface area contributed by atoms with E-state index in [0.717, 1.165) is 22.1 Å². The number of benzene rings is 2. The maximum absolute atomic E-state index is 12.8. The molecule has 6 heteroatoms. The molecular weight excluding hydrogens is 370 g/mol. The van der Waals surface area contributed by atoms with Gasteiger partial charge in [0.1, 0.15) is 12.2 Å². The van der Waals surface area contributed by atoms with Crippen LogP contribution in [0.25, 0.3) is 11.0 Å². The van der Waals surface area contributed by atoms with E-state index in [1.165, 1.54) is 0 Å². The summed E-state index contributed by atoms with van der Waals surface area (Å²) in [5.41, 5.74) is 1.58. The van der Waals surface area contributed by atoms with E-state index in [4.69, 9.17) is 13.9 Å². The van der Waals surface area contributed by atoms with Gasteiger partial charge >= 0.3 is 6.09 Å². The summed E-state index contributed by atoms with van der Waals surface area (Å²) in [6, 6.07) is 16.8. The number of rotatable bonds is 3. The highest BCUT2D eigenvalue weighted by molar-refractivity contribution is 5.78. The SMILES string of the molecule is O=C(OCc1ccccc1)N1C2COCC1CC(O)(c1ccc3occc3c1)C2. The molecule has 5 rings (SSSR count). The summed E-state index contributed by atoms with van der Waals surface area (Å²) in [5.74, 6) is 0. The number of hydrogen-bond donors (Lipinski definition) is 1. The van der Waals surface area contributed by atoms with E-state index in [-0.39, 0.29) is 24.8 Å². The van der Waals surface area contributed by atoms with Gasteiger partial charge in [0.2, 0.25) is 0 Å². The number of carbonyl (C=O) groups is 1. The second kappa shape index (κ2) is 7.21. The number of morpholine rings is 1. The third-order valence-electron chi connectivity index (χ3n) is 5.96. The summed E-state index contributed by atoms with van der Waals surface area (Å²) in [5, 5.41) is 12.4. The van der Waals surface area contributed by atoms with Crippen molar-refractivity contribution in [3.05, 3.63) is 72.0 Å². The van der Waals surface area contributed by atoms with Gasteiger partial charge in [-0.2, -0.15) is 0 Å². The fraction of sp³-hybridized carbons (Fsp3) is 0.348. The molecule has 2 aliphatic rings. The van der Waals surface area contributed by atoms with Crippen molar-refractivity contribution in [3.8, 4) is 0 Å². The predicted molar refractivity (Wildman–Crippen MR) is 106 cm³/mol. The molecule has 6 nitrogen and oxygen atoms in total. The van der Waals surface area contributed by atoms with Crippen LogP contribution < -0.4 is 0 Å². The Balaban J connectivity index is 1.34. The lowest BCUT2D eigenvalue weighted by Crippen LogP contribution is -2.62. The van der Waals surface area contributed by atoms with Crippen molar-refractivity contribution in [2.75, 3.05) is 13.2 Å². The number of ether oxygens (including phenoxy) is 2. The molecule has 0 aliphatic carbocycles. The normalized spacial score (nSPS) is 26.4. The predicted octanol–water partition coefficient (Wildman–Crippen LogP) is 3.82. The van der Waals surface area contributed by atoms with Crippen molar-refractivity contribution in [1.82, 2.24) is 4.90 Å². The zero-order valence-corrected chi connectivity index (χ0v) is 16.0. The van der Waals surface area contributed by atoms with Crippen molar-refractivity contribution in [3.63, 3.8) is 0 Å². The fourth-order valence-electron chi connectivity index (χ4n) is 4.56. The number of aliphatic hydroxyl groups is 1. The van der Waals surface area contributed by atoms with Gasteiger partial charge in [-0.25, -0.2) is 4.79 Å². The Morgan fingerprint density at radius 2 is 1.86 bits per heavy atom. The van der Waals surface area contributed by atoms with Crippen LogP contribution in [0.1, 0.15) is 24.0 Å². The fourth-order valence-corrected chi connectivity index (χ4v) is 4.56. The smallest absolute Gasteiger partial charge is 0.410 e. The van der Waals surface area contributed by atoms with Gasteiger partial charge in [-0.3, -0.25) is 4.90 Å². The zero-order valence-electron chi connectivity index (χ0n) is 16.0. The van der Waals surface area contributed by atoms with Crippen LogP contribution >= 0.6 is 0 Å². The lowest BCUT2D eigenvalue weighted by molar-refractivity contribution is -0.136. The van der Waals surface area contributed by atoms with Crippen LogP contribution in [-0.4, -0.2) is 41.4 Å². The third-order valence-corrected chi connectivity index (χ3v) is 5.96. The number of amides is 1. The molecular formula is C23H23NO5. The summed E-state index contributed by atoms with van der Waals surface area (Å²) < 4.78 is 16.7. The van der Waals surface area contributed by atoms with E-state index >= 15 is 0 Å². The molecule has 2 aliphatic heterocycles. The number of piperidine rings is 1. The molecule has 3 aromatic rings. The summed E-state index contributed by atoms with van der Waals surface area (Å²) in [7, 11) is 0. The molecule has 2 atom stereocenters. The number of nitrogens with zero attached hydrogens (tertiary/aromatic N) is 1. The standard InChI is InChI=1S/C23H23NO5/c25-22(29-13-16-4-2-1-3-5-16)24-19-11-23(26,12-20(24)15-27-14-19)18-6-7-21-17(10-18)8-9-28-21/h1-10,19-20,26H,11-15H2. The van der Waals surface area contributed by atoms with Gasteiger partial charge in [0.25, 0.3) is 0 Å². The van der Waals surface area contributed by atoms with Gasteiger partial charge in [-0.15, -0.1) is 0 Å². The summed E-state index contributed by atoms with van der Waals surface area (Å²) in [6.07, 6.45) is 2.12. The molecule has 2 bridgehead atoms. The summed E-state index contributed by atoms with van der Waals surface area (Å²) in [4.78, 5) is 14.6. The van der Waals surface area contributed by atoms with Crippen molar-refractivity contribution in [2.24, 2.45) is 0 Å². The Morgan fingerprint density at radius 1 is 1.10 bits per heavy atom. The average Bonchev–Trinajstić information content (AvgIpc) is 3.20. The largest absolute Gasteiger partial charge is 0.464 e. The van der Waals surface area contributed by atoms with Gasteiger partial charge < -0.3 is 19.0 Å². The monoisotopic (exact) mass is 393 g/mol. The minimum atomic E-state index is -1.01. The highest BCUT2D eigenvalue weighted by Gasteiger charge is 2.49. The van der Waals surface area contributed by atoms with E-state index in [2.05, 4.69) is 0 Å². The molecule has 1 amide bonds. The zero-order chi connectivity index (χ0) is 19.8. The van der Waals surface area contributed by atoms with Crippen molar-refractivity contribution >= 4 is 17.1 Å². The topological polar surface area (TPSA) is 72.1 Å². The van der Waals surface area contributed by atoms with Crippen LogP contribution in [0.3, 0.4) is 0 Å². The summed E-state index contributed by atoms with van der Waals surface area (Å²) >= 11 is 0. The molecule has 2 saturated heterocycles. The van der Waals surface area contributed by atoms with Gasteiger partial charge in [0, 0.05) is 18.2 Å². The molecule has 3 heterocycles. The molecule has 0 spiro atoms. The Morgan fingerprint density at radius 3 is 2.62 bits per heavy atom. The third kappa shape index (κ3) is 3.39. The minimum Gasteiger partial charge on any atom is -0.464 e. The highest BCUT2D eigenvalue weighted by Crippen LogP contribution is 2.42. The summed E-state index contributed by atoms with van der Waals surface area (Å²) in [6.45, 7) is 1.03. The Labute approximate surface area is 168 Å². The highest BCUT2D eigenvalue weighted by atomic mass is 16.6. The van der Waals surface area contributed by atoms with Gasteiger partial charge in [-0.1, -0.05) is 36.4 Å². The maximum Gasteiger partial charge on any atom is 0.410 e.